The van der Waals surface area contributed by atoms with Gasteiger partial charge in [0.25, 0.3) is 0 Å². The first-order chi connectivity index (χ1) is 7.90. The number of nitrogens with one attached hydrogen (secondary N) is 1. The molecule has 1 aromatic heterocycles. The quantitative estimate of drug-likeness (QED) is 0.800. The average Bonchev–Trinajstić information content (AvgIpc) is 2.96. The maximum absolute atomic E-state index is 5.30. The van der Waals surface area contributed by atoms with Gasteiger partial charge in [0, 0.05) is 12.6 Å². The zero-order valence-electron chi connectivity index (χ0n) is 10.1. The fourth-order valence-corrected chi connectivity index (χ4v) is 2.41. The van der Waals surface area contributed by atoms with E-state index in [9.17, 15) is 0 Å². The van der Waals surface area contributed by atoms with Crippen LogP contribution in [0.15, 0.2) is 22.8 Å². The van der Waals surface area contributed by atoms with Gasteiger partial charge in [0.2, 0.25) is 0 Å². The Morgan fingerprint density at radius 2 is 2.25 bits per heavy atom. The summed E-state index contributed by atoms with van der Waals surface area (Å²) in [6, 6.07) is 4.65. The van der Waals surface area contributed by atoms with Gasteiger partial charge in [0.05, 0.1) is 12.8 Å². The first-order valence-electron chi connectivity index (χ1n) is 6.37. The second-order valence-electron chi connectivity index (χ2n) is 4.52. The van der Waals surface area contributed by atoms with E-state index < -0.39 is 0 Å². The minimum atomic E-state index is 0.692. The predicted molar refractivity (Wildman–Crippen MR) is 65.3 cm³/mol. The number of hydrogen-bond acceptors (Lipinski definition) is 3. The van der Waals surface area contributed by atoms with Crippen molar-refractivity contribution >= 4 is 0 Å². The highest BCUT2D eigenvalue weighted by molar-refractivity contribution is 4.97. The topological polar surface area (TPSA) is 28.4 Å². The highest BCUT2D eigenvalue weighted by Gasteiger charge is 2.19. The van der Waals surface area contributed by atoms with E-state index in [0.717, 1.165) is 18.8 Å². The summed E-state index contributed by atoms with van der Waals surface area (Å²) in [6.45, 7) is 6.74. The second-order valence-corrected chi connectivity index (χ2v) is 4.52. The van der Waals surface area contributed by atoms with Crippen LogP contribution in [0.2, 0.25) is 0 Å². The van der Waals surface area contributed by atoms with Crippen LogP contribution in [-0.4, -0.2) is 30.6 Å². The minimum absolute atomic E-state index is 0.692. The van der Waals surface area contributed by atoms with E-state index in [2.05, 4.69) is 17.1 Å². The molecular weight excluding hydrogens is 200 g/mol. The molecule has 1 aliphatic heterocycles. The molecule has 3 heteroatoms. The van der Waals surface area contributed by atoms with Gasteiger partial charge in [-0.15, -0.1) is 0 Å². The van der Waals surface area contributed by atoms with Gasteiger partial charge in [-0.2, -0.15) is 0 Å². The maximum Gasteiger partial charge on any atom is 0.117 e. The smallest absolute Gasteiger partial charge is 0.117 e. The molecule has 2 heterocycles. The number of furan rings is 1. The van der Waals surface area contributed by atoms with Gasteiger partial charge < -0.3 is 9.73 Å². The van der Waals surface area contributed by atoms with Crippen LogP contribution in [0.1, 0.15) is 31.9 Å². The monoisotopic (exact) mass is 222 g/mol. The second kappa shape index (κ2) is 6.06. The third kappa shape index (κ3) is 3.09. The van der Waals surface area contributed by atoms with E-state index in [0.29, 0.717) is 6.04 Å². The lowest BCUT2D eigenvalue weighted by molar-refractivity contribution is 0.228. The summed E-state index contributed by atoms with van der Waals surface area (Å²) < 4.78 is 5.30. The lowest BCUT2D eigenvalue weighted by Gasteiger charge is -2.26. The molecule has 0 radical (unpaired) electrons. The van der Waals surface area contributed by atoms with Crippen molar-refractivity contribution < 1.29 is 4.42 Å². The van der Waals surface area contributed by atoms with Crippen LogP contribution in [0.5, 0.6) is 0 Å². The Balaban J connectivity index is 1.70. The van der Waals surface area contributed by atoms with Crippen molar-refractivity contribution in [1.82, 2.24) is 10.2 Å². The normalized spacial score (nSPS) is 19.1. The first-order valence-corrected chi connectivity index (χ1v) is 6.37. The summed E-state index contributed by atoms with van der Waals surface area (Å²) in [5, 5.41) is 3.48. The summed E-state index contributed by atoms with van der Waals surface area (Å²) in [5.41, 5.74) is 0. The summed E-state index contributed by atoms with van der Waals surface area (Å²) in [6.07, 6.45) is 5.70. The molecule has 90 valence electrons. The fourth-order valence-electron chi connectivity index (χ4n) is 2.41. The van der Waals surface area contributed by atoms with Gasteiger partial charge in [-0.3, -0.25) is 4.90 Å². The Hall–Kier alpha value is -0.800. The molecule has 2 rings (SSSR count). The summed E-state index contributed by atoms with van der Waals surface area (Å²) in [5.74, 6) is 1.02. The SMILES string of the molecule is CCC(CNCc1ccco1)N1CCCC1. The van der Waals surface area contributed by atoms with E-state index in [1.54, 1.807) is 6.26 Å². The van der Waals surface area contributed by atoms with E-state index in [1.165, 1.54) is 32.4 Å². The zero-order chi connectivity index (χ0) is 11.2. The molecule has 0 aliphatic carbocycles. The molecule has 1 N–H and O–H groups in total. The molecule has 1 saturated heterocycles. The van der Waals surface area contributed by atoms with Crippen LogP contribution >= 0.6 is 0 Å². The van der Waals surface area contributed by atoms with E-state index >= 15 is 0 Å². The van der Waals surface area contributed by atoms with Crippen LogP contribution in [-0.2, 0) is 6.54 Å². The third-order valence-corrected chi connectivity index (χ3v) is 3.39. The van der Waals surface area contributed by atoms with Gasteiger partial charge in [-0.1, -0.05) is 6.92 Å². The highest BCUT2D eigenvalue weighted by Crippen LogP contribution is 2.13. The molecule has 0 spiro atoms. The summed E-state index contributed by atoms with van der Waals surface area (Å²) >= 11 is 0. The van der Waals surface area contributed by atoms with Gasteiger partial charge in [-0.25, -0.2) is 0 Å². The largest absolute Gasteiger partial charge is 0.468 e. The summed E-state index contributed by atoms with van der Waals surface area (Å²) in [4.78, 5) is 2.61. The molecule has 1 atom stereocenters. The van der Waals surface area contributed by atoms with Gasteiger partial charge in [0.15, 0.2) is 0 Å². The number of hydrogen-bond donors (Lipinski definition) is 1. The van der Waals surface area contributed by atoms with Crippen molar-refractivity contribution in [2.45, 2.75) is 38.8 Å². The third-order valence-electron chi connectivity index (χ3n) is 3.39. The van der Waals surface area contributed by atoms with E-state index in [1.807, 2.05) is 12.1 Å². The van der Waals surface area contributed by atoms with Crippen molar-refractivity contribution in [3.05, 3.63) is 24.2 Å². The standard InChI is InChI=1S/C13H22N2O/c1-2-12(15-7-3-4-8-15)10-14-11-13-6-5-9-16-13/h5-6,9,12,14H,2-4,7-8,10-11H2,1H3. The van der Waals surface area contributed by atoms with Crippen molar-refractivity contribution in [3.8, 4) is 0 Å². The Kier molecular flexibility index (Phi) is 4.43. The lowest BCUT2D eigenvalue weighted by atomic mass is 10.2. The molecule has 1 aliphatic rings. The Morgan fingerprint density at radius 1 is 1.44 bits per heavy atom. The minimum Gasteiger partial charge on any atom is -0.468 e. The van der Waals surface area contributed by atoms with E-state index in [4.69, 9.17) is 4.42 Å². The molecule has 0 aromatic carbocycles. The van der Waals surface area contributed by atoms with E-state index in [-0.39, 0.29) is 0 Å². The Bertz CT molecular complexity index is 278. The van der Waals surface area contributed by atoms with Crippen LogP contribution in [0.25, 0.3) is 0 Å². The maximum atomic E-state index is 5.30. The van der Waals surface area contributed by atoms with Crippen LogP contribution in [0.4, 0.5) is 0 Å². The van der Waals surface area contributed by atoms with Crippen molar-refractivity contribution in [2.75, 3.05) is 19.6 Å². The molecule has 0 saturated carbocycles. The van der Waals surface area contributed by atoms with Crippen molar-refractivity contribution in [1.29, 1.82) is 0 Å². The lowest BCUT2D eigenvalue weighted by Crippen LogP contribution is -2.40. The average molecular weight is 222 g/mol. The first kappa shape index (κ1) is 11.7. The highest BCUT2D eigenvalue weighted by atomic mass is 16.3. The predicted octanol–water partition coefficient (Wildman–Crippen LogP) is 2.24. The van der Waals surface area contributed by atoms with Gasteiger partial charge in [-0.05, 0) is 44.5 Å². The van der Waals surface area contributed by atoms with Gasteiger partial charge in [0.1, 0.15) is 5.76 Å². The molecule has 1 fully saturated rings. The fraction of sp³-hybridized carbons (Fsp3) is 0.692. The Labute approximate surface area is 97.8 Å². The number of nitrogens with zero attached hydrogens (tertiary/aromatic N) is 1. The van der Waals surface area contributed by atoms with Crippen LogP contribution < -0.4 is 5.32 Å². The Morgan fingerprint density at radius 3 is 2.88 bits per heavy atom. The number of likely N-dealkylation sites (tertiary alicyclic amines) is 1. The molecule has 0 amide bonds. The van der Waals surface area contributed by atoms with Crippen LogP contribution in [0, 0.1) is 0 Å². The molecule has 3 nitrogen and oxygen atoms in total. The molecule has 1 aromatic rings. The zero-order valence-corrected chi connectivity index (χ0v) is 10.1. The molecule has 16 heavy (non-hydrogen) atoms. The molecular formula is C13H22N2O. The van der Waals surface area contributed by atoms with Crippen LogP contribution in [0.3, 0.4) is 0 Å². The van der Waals surface area contributed by atoms with Crippen molar-refractivity contribution in [3.63, 3.8) is 0 Å². The summed E-state index contributed by atoms with van der Waals surface area (Å²) in [7, 11) is 0. The number of rotatable bonds is 6. The molecule has 1 unspecified atom stereocenters. The van der Waals surface area contributed by atoms with Crippen molar-refractivity contribution in [2.24, 2.45) is 0 Å². The van der Waals surface area contributed by atoms with Gasteiger partial charge >= 0.3 is 0 Å². The molecule has 0 bridgehead atoms.